The van der Waals surface area contributed by atoms with Gasteiger partial charge in [0.05, 0.1) is 18.1 Å². The van der Waals surface area contributed by atoms with Gasteiger partial charge in [-0.1, -0.05) is 59.6 Å². The van der Waals surface area contributed by atoms with Crippen molar-refractivity contribution in [2.45, 2.75) is 117 Å². The van der Waals surface area contributed by atoms with E-state index in [2.05, 4.69) is 10.6 Å². The van der Waals surface area contributed by atoms with Crippen molar-refractivity contribution in [1.82, 2.24) is 15.5 Å². The van der Waals surface area contributed by atoms with Crippen LogP contribution in [0.2, 0.25) is 0 Å². The van der Waals surface area contributed by atoms with E-state index in [0.717, 1.165) is 12.8 Å². The van der Waals surface area contributed by atoms with Gasteiger partial charge < -0.3 is 10.6 Å². The number of likely N-dealkylation sites (N-methyl/N-ethyl adjacent to an activating group) is 2. The zero-order chi connectivity index (χ0) is 31.0. The van der Waals surface area contributed by atoms with Crippen LogP contribution in [-0.2, 0) is 29.0 Å². The molecule has 0 saturated heterocycles. The summed E-state index contributed by atoms with van der Waals surface area (Å²) in [4.78, 5) is 40.4. The van der Waals surface area contributed by atoms with E-state index in [4.69, 9.17) is 4.18 Å². The second-order valence-corrected chi connectivity index (χ2v) is 12.8. The second-order valence-electron chi connectivity index (χ2n) is 11.7. The van der Waals surface area contributed by atoms with Gasteiger partial charge in [0, 0.05) is 12.8 Å². The zero-order valence-corrected chi connectivity index (χ0v) is 26.9. The van der Waals surface area contributed by atoms with Gasteiger partial charge in [0.2, 0.25) is 5.91 Å². The maximum atomic E-state index is 13.1. The summed E-state index contributed by atoms with van der Waals surface area (Å²) in [6, 6.07) is -1.72. The predicted molar refractivity (Wildman–Crippen MR) is 159 cm³/mol. The molecule has 5 atom stereocenters. The van der Waals surface area contributed by atoms with Crippen molar-refractivity contribution in [3.8, 4) is 0 Å². The van der Waals surface area contributed by atoms with Crippen LogP contribution in [0.25, 0.3) is 0 Å². The molecule has 234 valence electrons. The van der Waals surface area contributed by atoms with Crippen LogP contribution >= 0.6 is 0 Å². The molecule has 0 aliphatic heterocycles. The molecule has 0 radical (unpaired) electrons. The number of rotatable bonds is 22. The van der Waals surface area contributed by atoms with E-state index in [-0.39, 0.29) is 41.8 Å². The molecule has 1 amide bonds. The Balaban J connectivity index is 4.95. The van der Waals surface area contributed by atoms with E-state index in [9.17, 15) is 27.4 Å². The Bertz CT molecular complexity index is 903. The molecule has 0 aliphatic carbocycles. The molecule has 3 N–H and O–H groups in total. The quantitative estimate of drug-likeness (QED) is 0.0971. The van der Waals surface area contributed by atoms with E-state index >= 15 is 0 Å². The average Bonchev–Trinajstić information content (AvgIpc) is 2.84. The Labute approximate surface area is 243 Å². The van der Waals surface area contributed by atoms with Gasteiger partial charge in [0.25, 0.3) is 0 Å². The van der Waals surface area contributed by atoms with Crippen LogP contribution < -0.4 is 10.6 Å². The summed E-state index contributed by atoms with van der Waals surface area (Å²) in [6.45, 7) is 11.6. The van der Waals surface area contributed by atoms with E-state index in [0.29, 0.717) is 38.0 Å². The normalized spacial score (nSPS) is 16.3. The number of carbonyl (C=O) groups is 3. The zero-order valence-electron chi connectivity index (χ0n) is 26.1. The number of amides is 1. The number of nitrogens with zero attached hydrogens (tertiary/aromatic N) is 1. The van der Waals surface area contributed by atoms with Crippen LogP contribution in [0.15, 0.2) is 12.2 Å². The van der Waals surface area contributed by atoms with Crippen molar-refractivity contribution in [1.29, 1.82) is 0 Å². The topological polar surface area (TPSA) is 142 Å². The molecule has 10 nitrogen and oxygen atoms in total. The maximum absolute atomic E-state index is 13.1. The molecule has 0 unspecified atom stereocenters. The fraction of sp³-hybridized carbons (Fsp3) is 0.828. The number of hydrogen-bond donors (Lipinski definition) is 3. The van der Waals surface area contributed by atoms with Gasteiger partial charge in [-0.2, -0.15) is 8.42 Å². The molecule has 0 aromatic heterocycles. The lowest BCUT2D eigenvalue weighted by Gasteiger charge is -2.33. The minimum atomic E-state index is -4.74. The van der Waals surface area contributed by atoms with Crippen LogP contribution in [0, 0.1) is 17.8 Å². The van der Waals surface area contributed by atoms with Gasteiger partial charge in [0.1, 0.15) is 6.10 Å². The third kappa shape index (κ3) is 15.4. The Morgan fingerprint density at radius 2 is 1.50 bits per heavy atom. The minimum Gasteiger partial charge on any atom is -0.345 e. The first-order valence-electron chi connectivity index (χ1n) is 14.5. The molecule has 0 bridgehead atoms. The predicted octanol–water partition coefficient (Wildman–Crippen LogP) is 3.96. The smallest absolute Gasteiger partial charge is 0.345 e. The summed E-state index contributed by atoms with van der Waals surface area (Å²) >= 11 is 0. The van der Waals surface area contributed by atoms with Gasteiger partial charge >= 0.3 is 10.4 Å². The first kappa shape index (κ1) is 38.3. The summed E-state index contributed by atoms with van der Waals surface area (Å²) in [5.74, 6) is -0.324. The Morgan fingerprint density at radius 1 is 0.950 bits per heavy atom. The summed E-state index contributed by atoms with van der Waals surface area (Å²) in [6.07, 6.45) is 7.14. The molecular weight excluding hydrogens is 534 g/mol. The van der Waals surface area contributed by atoms with Crippen LogP contribution in [0.3, 0.4) is 0 Å². The molecule has 0 aromatic rings. The highest BCUT2D eigenvalue weighted by Crippen LogP contribution is 2.23. The number of unbranched alkanes of at least 4 members (excludes halogenated alkanes) is 3. The van der Waals surface area contributed by atoms with Gasteiger partial charge in [-0.25, -0.2) is 4.18 Å². The second kappa shape index (κ2) is 19.5. The van der Waals surface area contributed by atoms with E-state index in [1.807, 2.05) is 46.8 Å². The summed E-state index contributed by atoms with van der Waals surface area (Å²) in [5.41, 5.74) is 0. The molecular formula is C29H55N3O7S. The van der Waals surface area contributed by atoms with Crippen LogP contribution in [0.1, 0.15) is 92.9 Å². The van der Waals surface area contributed by atoms with Crippen LogP contribution in [0.4, 0.5) is 0 Å². The van der Waals surface area contributed by atoms with Crippen molar-refractivity contribution >= 4 is 27.9 Å². The van der Waals surface area contributed by atoms with Crippen molar-refractivity contribution in [3.05, 3.63) is 12.2 Å². The van der Waals surface area contributed by atoms with Gasteiger partial charge in [-0.3, -0.25) is 23.8 Å². The lowest BCUT2D eigenvalue weighted by atomic mass is 9.89. The standard InChI is InChI=1S/C29H55N3O7S/c1-10-11-16-22(6)28(39-40(36,37)38)27(32(8)9)25(34)18-15-13-12-14-17-24(33)26(21(4)5)31-29(35)23(30-7)19-20(2)3/h10-11,20-23,26-28,30H,12-19H2,1-9H3,(H,31,35)(H,36,37,38)/b11-10+/t22-,23+,26+,27+,28-/m1/s1. The molecule has 11 heteroatoms. The first-order valence-corrected chi connectivity index (χ1v) is 15.9. The molecule has 0 heterocycles. The Hall–Kier alpha value is -1.66. The van der Waals surface area contributed by atoms with E-state index in [1.54, 1.807) is 33.0 Å². The monoisotopic (exact) mass is 589 g/mol. The largest absolute Gasteiger partial charge is 0.397 e. The van der Waals surface area contributed by atoms with Crippen molar-refractivity contribution in [2.24, 2.45) is 17.8 Å². The van der Waals surface area contributed by atoms with Crippen LogP contribution in [-0.4, -0.2) is 80.7 Å². The molecule has 0 rings (SSSR count). The molecule has 0 saturated carbocycles. The molecule has 0 aromatic carbocycles. The summed E-state index contributed by atoms with van der Waals surface area (Å²) < 4.78 is 37.4. The first-order chi connectivity index (χ1) is 18.5. The third-order valence-corrected chi connectivity index (χ3v) is 7.48. The molecule has 40 heavy (non-hydrogen) atoms. The van der Waals surface area contributed by atoms with E-state index < -0.39 is 28.6 Å². The van der Waals surface area contributed by atoms with Crippen molar-refractivity contribution in [2.75, 3.05) is 21.1 Å². The van der Waals surface area contributed by atoms with E-state index in [1.165, 1.54) is 0 Å². The maximum Gasteiger partial charge on any atom is 0.397 e. The fourth-order valence-electron chi connectivity index (χ4n) is 4.80. The Kier molecular flexibility index (Phi) is 18.7. The van der Waals surface area contributed by atoms with Crippen LogP contribution in [0.5, 0.6) is 0 Å². The number of ketones is 2. The number of hydrogen-bond acceptors (Lipinski definition) is 8. The number of Topliss-reactive ketones (excluding diaryl/α,β-unsaturated/α-hetero) is 2. The fourth-order valence-corrected chi connectivity index (χ4v) is 5.38. The minimum absolute atomic E-state index is 0.00631. The summed E-state index contributed by atoms with van der Waals surface area (Å²) in [7, 11) is 0.369. The molecule has 0 spiro atoms. The summed E-state index contributed by atoms with van der Waals surface area (Å²) in [5, 5.41) is 5.97. The lowest BCUT2D eigenvalue weighted by molar-refractivity contribution is -0.130. The average molecular weight is 590 g/mol. The highest BCUT2D eigenvalue weighted by Gasteiger charge is 2.37. The number of allylic oxidation sites excluding steroid dienone is 2. The highest BCUT2D eigenvalue weighted by atomic mass is 32.3. The van der Waals surface area contributed by atoms with Gasteiger partial charge in [-0.15, -0.1) is 0 Å². The number of carbonyl (C=O) groups excluding carboxylic acids is 3. The SMILES string of the molecule is C/C=C/C[C@@H](C)[C@@H](OS(=O)(=O)O)[C@H](C(=O)CCCCCCC(=O)[C@@H](NC(=O)[C@H](CC(C)C)NC)C(C)C)N(C)C. The highest BCUT2D eigenvalue weighted by molar-refractivity contribution is 7.80. The molecule has 0 aliphatic rings. The van der Waals surface area contributed by atoms with Gasteiger partial charge in [0.15, 0.2) is 11.6 Å². The van der Waals surface area contributed by atoms with Crippen molar-refractivity contribution < 1.29 is 31.5 Å². The van der Waals surface area contributed by atoms with Crippen molar-refractivity contribution in [3.63, 3.8) is 0 Å². The Morgan fingerprint density at radius 3 is 1.93 bits per heavy atom. The lowest BCUT2D eigenvalue weighted by Crippen LogP contribution is -2.51. The third-order valence-electron chi connectivity index (χ3n) is 7.01. The van der Waals surface area contributed by atoms with Gasteiger partial charge in [-0.05, 0) is 71.5 Å². The number of nitrogens with one attached hydrogen (secondary N) is 2. The molecule has 0 fully saturated rings.